The molecule has 1 N–H and O–H groups in total. The molecule has 2 aliphatic rings. The summed E-state index contributed by atoms with van der Waals surface area (Å²) in [6.07, 6.45) is 3.41. The molecule has 10 heteroatoms. The summed E-state index contributed by atoms with van der Waals surface area (Å²) in [6.45, 7) is 1.08. The number of hydrazone groups is 1. The summed E-state index contributed by atoms with van der Waals surface area (Å²) in [5.74, 6) is -0.0134. The average molecular weight is 483 g/mol. The highest BCUT2D eigenvalue weighted by Gasteiger charge is 2.51. The molecular formula is C26H21N5O5. The topological polar surface area (TPSA) is 121 Å². The number of rotatable bonds is 5. The highest BCUT2D eigenvalue weighted by Crippen LogP contribution is 2.35. The number of pyridine rings is 1. The van der Waals surface area contributed by atoms with Gasteiger partial charge in [0.25, 0.3) is 11.8 Å². The van der Waals surface area contributed by atoms with Gasteiger partial charge in [-0.25, -0.2) is 9.80 Å². The molecule has 0 aliphatic carbocycles. The zero-order valence-electron chi connectivity index (χ0n) is 19.2. The summed E-state index contributed by atoms with van der Waals surface area (Å²) in [5.41, 5.74) is 0.296. The summed E-state index contributed by atoms with van der Waals surface area (Å²) < 4.78 is 11.5. The fourth-order valence-corrected chi connectivity index (χ4v) is 4.60. The number of carbonyl (C=O) groups is 3. The fourth-order valence-electron chi connectivity index (χ4n) is 4.60. The van der Waals surface area contributed by atoms with Crippen LogP contribution in [0.1, 0.15) is 36.6 Å². The number of benzene rings is 1. The Morgan fingerprint density at radius 3 is 2.72 bits per heavy atom. The molecule has 2 atom stereocenters. The molecule has 10 nitrogen and oxygen atoms in total. The first-order valence-electron chi connectivity index (χ1n) is 11.4. The van der Waals surface area contributed by atoms with E-state index in [2.05, 4.69) is 15.4 Å². The molecule has 1 fully saturated rings. The second-order valence-corrected chi connectivity index (χ2v) is 8.83. The molecule has 5 heterocycles. The van der Waals surface area contributed by atoms with Gasteiger partial charge in [-0.15, -0.1) is 0 Å². The van der Waals surface area contributed by atoms with Crippen LogP contribution in [0.3, 0.4) is 0 Å². The van der Waals surface area contributed by atoms with Crippen molar-refractivity contribution in [3.05, 3.63) is 90.3 Å². The van der Waals surface area contributed by atoms with Gasteiger partial charge in [0.1, 0.15) is 29.6 Å². The van der Waals surface area contributed by atoms with Crippen LogP contribution in [-0.2, 0) is 15.1 Å². The number of aromatic nitrogens is 1. The SMILES string of the molecule is C[C@]1(c2ccccn2)NC(=O)N(CC(=O)N2N=C(c3cc4ccccc4o3)C[C@@H]2c2ccco2)C1=O. The molecule has 0 saturated carbocycles. The molecule has 0 spiro atoms. The van der Waals surface area contributed by atoms with Crippen molar-refractivity contribution in [3.8, 4) is 0 Å². The van der Waals surface area contributed by atoms with Gasteiger partial charge in [0, 0.05) is 18.0 Å². The number of furan rings is 2. The number of urea groups is 1. The molecule has 36 heavy (non-hydrogen) atoms. The Labute approximate surface area is 205 Å². The van der Waals surface area contributed by atoms with Gasteiger partial charge in [-0.05, 0) is 43.3 Å². The number of carbonyl (C=O) groups excluding carboxylic acids is 3. The van der Waals surface area contributed by atoms with E-state index < -0.39 is 36.0 Å². The van der Waals surface area contributed by atoms with Gasteiger partial charge in [-0.1, -0.05) is 24.3 Å². The zero-order chi connectivity index (χ0) is 24.9. The van der Waals surface area contributed by atoms with Crippen molar-refractivity contribution >= 4 is 34.5 Å². The number of hydrogen-bond acceptors (Lipinski definition) is 7. The van der Waals surface area contributed by atoms with Crippen molar-refractivity contribution in [2.24, 2.45) is 5.10 Å². The van der Waals surface area contributed by atoms with Crippen LogP contribution in [0, 0.1) is 0 Å². The predicted octanol–water partition coefficient (Wildman–Crippen LogP) is 3.57. The van der Waals surface area contributed by atoms with Crippen LogP contribution < -0.4 is 5.32 Å². The van der Waals surface area contributed by atoms with E-state index in [4.69, 9.17) is 8.83 Å². The van der Waals surface area contributed by atoms with Crippen molar-refractivity contribution in [2.45, 2.75) is 24.9 Å². The average Bonchev–Trinajstić information content (AvgIpc) is 3.67. The number of nitrogens with one attached hydrogen (secondary N) is 1. The molecule has 6 rings (SSSR count). The Kier molecular flexibility index (Phi) is 4.96. The first-order valence-corrected chi connectivity index (χ1v) is 11.4. The number of amides is 4. The van der Waals surface area contributed by atoms with Gasteiger partial charge < -0.3 is 14.2 Å². The molecule has 180 valence electrons. The number of nitrogens with zero attached hydrogens (tertiary/aromatic N) is 4. The molecule has 1 aromatic carbocycles. The first kappa shape index (κ1) is 21.8. The van der Waals surface area contributed by atoms with Gasteiger partial charge in [-0.2, -0.15) is 5.10 Å². The largest absolute Gasteiger partial charge is 0.467 e. The summed E-state index contributed by atoms with van der Waals surface area (Å²) in [7, 11) is 0. The lowest BCUT2D eigenvalue weighted by Crippen LogP contribution is -2.43. The summed E-state index contributed by atoms with van der Waals surface area (Å²) in [6, 6.07) is 16.8. The van der Waals surface area contributed by atoms with E-state index in [1.54, 1.807) is 43.5 Å². The quantitative estimate of drug-likeness (QED) is 0.433. The maximum absolute atomic E-state index is 13.5. The van der Waals surface area contributed by atoms with Gasteiger partial charge in [0.15, 0.2) is 11.3 Å². The molecule has 0 unspecified atom stereocenters. The van der Waals surface area contributed by atoms with Crippen molar-refractivity contribution in [1.29, 1.82) is 0 Å². The van der Waals surface area contributed by atoms with Crippen LogP contribution in [0.2, 0.25) is 0 Å². The number of para-hydroxylation sites is 1. The lowest BCUT2D eigenvalue weighted by Gasteiger charge is -2.23. The standard InChI is InChI=1S/C26H21N5O5/c1-26(22-10-4-5-11-27-22)24(33)30(25(34)28-26)15-23(32)31-18(20-9-6-12-35-20)14-17(29-31)21-13-16-7-2-3-8-19(16)36-21/h2-13,18H,14-15H2,1H3,(H,28,34)/t18-,26-/m1/s1. The predicted molar refractivity (Wildman–Crippen MR) is 127 cm³/mol. The maximum atomic E-state index is 13.5. The first-order chi connectivity index (χ1) is 17.4. The minimum absolute atomic E-state index is 0.352. The van der Waals surface area contributed by atoms with E-state index in [-0.39, 0.29) is 0 Å². The number of imide groups is 1. The lowest BCUT2D eigenvalue weighted by molar-refractivity contribution is -0.140. The minimum Gasteiger partial charge on any atom is -0.467 e. The normalized spacial score (nSPS) is 21.8. The smallest absolute Gasteiger partial charge is 0.325 e. The van der Waals surface area contributed by atoms with Crippen LogP contribution in [-0.4, -0.2) is 45.0 Å². The lowest BCUT2D eigenvalue weighted by atomic mass is 9.97. The Bertz CT molecular complexity index is 1480. The van der Waals surface area contributed by atoms with Crippen molar-refractivity contribution in [3.63, 3.8) is 0 Å². The number of hydrogen-bond donors (Lipinski definition) is 1. The molecular weight excluding hydrogens is 462 g/mol. The molecule has 0 bridgehead atoms. The van der Waals surface area contributed by atoms with Gasteiger partial charge >= 0.3 is 6.03 Å². The maximum Gasteiger partial charge on any atom is 0.325 e. The molecule has 1 saturated heterocycles. The third kappa shape index (κ3) is 3.46. The van der Waals surface area contributed by atoms with E-state index >= 15 is 0 Å². The van der Waals surface area contributed by atoms with Crippen LogP contribution >= 0.6 is 0 Å². The van der Waals surface area contributed by atoms with E-state index in [9.17, 15) is 14.4 Å². The van der Waals surface area contributed by atoms with Gasteiger partial charge in [0.05, 0.1) is 12.0 Å². The monoisotopic (exact) mass is 483 g/mol. The van der Waals surface area contributed by atoms with Crippen molar-refractivity contribution in [2.75, 3.05) is 6.54 Å². The molecule has 0 radical (unpaired) electrons. The van der Waals surface area contributed by atoms with E-state index in [1.807, 2.05) is 30.3 Å². The van der Waals surface area contributed by atoms with Crippen LogP contribution in [0.25, 0.3) is 11.0 Å². The van der Waals surface area contributed by atoms with Crippen LogP contribution in [0.5, 0.6) is 0 Å². The Balaban J connectivity index is 1.29. The molecule has 3 aromatic heterocycles. The van der Waals surface area contributed by atoms with Crippen molar-refractivity contribution < 1.29 is 23.2 Å². The van der Waals surface area contributed by atoms with Gasteiger partial charge in [0.2, 0.25) is 0 Å². The van der Waals surface area contributed by atoms with Crippen molar-refractivity contribution in [1.82, 2.24) is 20.2 Å². The van der Waals surface area contributed by atoms with E-state index in [1.165, 1.54) is 11.3 Å². The van der Waals surface area contributed by atoms with Gasteiger partial charge in [-0.3, -0.25) is 19.5 Å². The van der Waals surface area contributed by atoms with Crippen LogP contribution in [0.4, 0.5) is 4.79 Å². The third-order valence-electron chi connectivity index (χ3n) is 6.49. The highest BCUT2D eigenvalue weighted by molar-refractivity contribution is 6.09. The summed E-state index contributed by atoms with van der Waals surface area (Å²) >= 11 is 0. The Morgan fingerprint density at radius 1 is 1.14 bits per heavy atom. The molecule has 4 aromatic rings. The minimum atomic E-state index is -1.37. The van der Waals surface area contributed by atoms with E-state index in [0.717, 1.165) is 10.3 Å². The second-order valence-electron chi connectivity index (χ2n) is 8.83. The summed E-state index contributed by atoms with van der Waals surface area (Å²) in [4.78, 5) is 44.6. The Morgan fingerprint density at radius 2 is 1.97 bits per heavy atom. The highest BCUT2D eigenvalue weighted by atomic mass is 16.3. The van der Waals surface area contributed by atoms with Crippen LogP contribution in [0.15, 0.2) is 87.1 Å². The van der Waals surface area contributed by atoms with E-state index in [0.29, 0.717) is 34.9 Å². The molecule has 4 amide bonds. The summed E-state index contributed by atoms with van der Waals surface area (Å²) in [5, 5.41) is 9.39. The second kappa shape index (κ2) is 8.19. The third-order valence-corrected chi connectivity index (χ3v) is 6.49. The molecule has 2 aliphatic heterocycles. The number of fused-ring (bicyclic) bond motifs is 1. The Hall–Kier alpha value is -4.73. The zero-order valence-corrected chi connectivity index (χ0v) is 19.2. The fraction of sp³-hybridized carbons (Fsp3) is 0.192.